The maximum Gasteiger partial charge on any atom is 0.244 e. The van der Waals surface area contributed by atoms with Gasteiger partial charge in [0.1, 0.15) is 18.4 Å². The number of anilines is 1. The topological polar surface area (TPSA) is 86.8 Å². The van der Waals surface area contributed by atoms with Crippen LogP contribution in [0.2, 0.25) is 15.1 Å². The molecule has 192 valence electrons. The Morgan fingerprint density at radius 1 is 1.09 bits per heavy atom. The third-order valence-corrected chi connectivity index (χ3v) is 7.38. The van der Waals surface area contributed by atoms with Crippen molar-refractivity contribution in [1.82, 2.24) is 10.2 Å². The summed E-state index contributed by atoms with van der Waals surface area (Å²) < 4.78 is 40.4. The van der Waals surface area contributed by atoms with E-state index in [4.69, 9.17) is 34.8 Å². The summed E-state index contributed by atoms with van der Waals surface area (Å²) in [6.07, 6.45) is 2.51. The van der Waals surface area contributed by atoms with Crippen molar-refractivity contribution in [2.24, 2.45) is 0 Å². The average molecular weight is 567 g/mol. The fourth-order valence-electron chi connectivity index (χ4n) is 3.23. The lowest BCUT2D eigenvalue weighted by molar-refractivity contribution is -0.139. The molecular weight excluding hydrogens is 540 g/mol. The number of amides is 2. The molecule has 0 heterocycles. The highest BCUT2D eigenvalue weighted by molar-refractivity contribution is 7.92. The summed E-state index contributed by atoms with van der Waals surface area (Å²) in [6, 6.07) is 7.33. The molecule has 35 heavy (non-hydrogen) atoms. The maximum atomic E-state index is 14.4. The van der Waals surface area contributed by atoms with Gasteiger partial charge < -0.3 is 10.2 Å². The molecule has 0 radical (unpaired) electrons. The number of rotatable bonds is 11. The highest BCUT2D eigenvalue weighted by Crippen LogP contribution is 2.35. The highest BCUT2D eigenvalue weighted by atomic mass is 35.5. The molecule has 0 aromatic heterocycles. The van der Waals surface area contributed by atoms with Crippen molar-refractivity contribution in [2.45, 2.75) is 39.3 Å². The van der Waals surface area contributed by atoms with Crippen LogP contribution in [0.15, 0.2) is 36.4 Å². The summed E-state index contributed by atoms with van der Waals surface area (Å²) in [5.74, 6) is -1.74. The van der Waals surface area contributed by atoms with Crippen LogP contribution in [0.3, 0.4) is 0 Å². The van der Waals surface area contributed by atoms with Gasteiger partial charge in [0.25, 0.3) is 0 Å². The van der Waals surface area contributed by atoms with Crippen molar-refractivity contribution >= 4 is 62.3 Å². The number of hydrogen-bond donors (Lipinski definition) is 1. The molecule has 1 N–H and O–H groups in total. The number of nitrogens with one attached hydrogen (secondary N) is 1. The molecule has 2 amide bonds. The quantitative estimate of drug-likeness (QED) is 0.310. The molecule has 12 heteroatoms. The van der Waals surface area contributed by atoms with Crippen LogP contribution < -0.4 is 9.62 Å². The second-order valence-corrected chi connectivity index (χ2v) is 11.0. The van der Waals surface area contributed by atoms with Crippen molar-refractivity contribution in [2.75, 3.05) is 23.7 Å². The van der Waals surface area contributed by atoms with Crippen molar-refractivity contribution in [1.29, 1.82) is 0 Å². The normalized spacial score (nSPS) is 12.2. The Kier molecular flexibility index (Phi) is 10.6. The van der Waals surface area contributed by atoms with Crippen LogP contribution in [0.1, 0.15) is 32.3 Å². The van der Waals surface area contributed by atoms with Gasteiger partial charge in [-0.05, 0) is 31.5 Å². The summed E-state index contributed by atoms with van der Waals surface area (Å²) in [6.45, 7) is 2.93. The smallest absolute Gasteiger partial charge is 0.244 e. The van der Waals surface area contributed by atoms with E-state index in [9.17, 15) is 22.4 Å². The first kappa shape index (κ1) is 29.2. The van der Waals surface area contributed by atoms with E-state index in [1.807, 2.05) is 6.92 Å². The summed E-state index contributed by atoms with van der Waals surface area (Å²) >= 11 is 18.2. The first-order valence-corrected chi connectivity index (χ1v) is 13.8. The van der Waals surface area contributed by atoms with Gasteiger partial charge >= 0.3 is 0 Å². The van der Waals surface area contributed by atoms with Crippen molar-refractivity contribution < 1.29 is 22.4 Å². The minimum absolute atomic E-state index is 0.0383. The van der Waals surface area contributed by atoms with Crippen LogP contribution in [0.4, 0.5) is 10.1 Å². The van der Waals surface area contributed by atoms with Gasteiger partial charge in [0.15, 0.2) is 0 Å². The van der Waals surface area contributed by atoms with Gasteiger partial charge in [-0.2, -0.15) is 0 Å². The summed E-state index contributed by atoms with van der Waals surface area (Å²) in [4.78, 5) is 27.3. The molecule has 7 nitrogen and oxygen atoms in total. The van der Waals surface area contributed by atoms with Crippen LogP contribution in [0.5, 0.6) is 0 Å². The van der Waals surface area contributed by atoms with E-state index in [-0.39, 0.29) is 32.9 Å². The minimum atomic E-state index is -4.02. The van der Waals surface area contributed by atoms with E-state index in [0.717, 1.165) is 28.3 Å². The number of carbonyl (C=O) groups excluding carboxylic acids is 2. The van der Waals surface area contributed by atoms with Gasteiger partial charge in [-0.25, -0.2) is 12.8 Å². The molecule has 0 saturated heterocycles. The average Bonchev–Trinajstić information content (AvgIpc) is 2.78. The van der Waals surface area contributed by atoms with Crippen molar-refractivity contribution in [3.05, 3.63) is 62.8 Å². The third kappa shape index (κ3) is 7.96. The highest BCUT2D eigenvalue weighted by Gasteiger charge is 2.31. The van der Waals surface area contributed by atoms with Gasteiger partial charge in [0.2, 0.25) is 21.8 Å². The Morgan fingerprint density at radius 2 is 1.71 bits per heavy atom. The molecule has 0 fully saturated rings. The summed E-state index contributed by atoms with van der Waals surface area (Å²) in [5.41, 5.74) is 0.121. The van der Waals surface area contributed by atoms with Gasteiger partial charge in [0, 0.05) is 18.7 Å². The lowest BCUT2D eigenvalue weighted by Crippen LogP contribution is -2.51. The molecule has 0 aliphatic carbocycles. The zero-order valence-electron chi connectivity index (χ0n) is 19.5. The molecule has 2 aromatic rings. The molecule has 0 spiro atoms. The number of sulfonamides is 1. The van der Waals surface area contributed by atoms with Gasteiger partial charge in [-0.1, -0.05) is 66.3 Å². The zero-order chi connectivity index (χ0) is 26.3. The van der Waals surface area contributed by atoms with E-state index in [2.05, 4.69) is 5.32 Å². The molecule has 0 saturated carbocycles. The molecule has 2 aromatic carbocycles. The van der Waals surface area contributed by atoms with Crippen LogP contribution in [0.25, 0.3) is 0 Å². The number of halogens is 4. The molecule has 0 aliphatic rings. The van der Waals surface area contributed by atoms with E-state index in [0.29, 0.717) is 6.54 Å². The van der Waals surface area contributed by atoms with Gasteiger partial charge in [-0.15, -0.1) is 0 Å². The number of hydrogen-bond acceptors (Lipinski definition) is 4. The number of nitrogens with zero attached hydrogens (tertiary/aromatic N) is 2. The Balaban J connectivity index is 2.43. The predicted octanol–water partition coefficient (Wildman–Crippen LogP) is 4.89. The number of benzene rings is 2. The second-order valence-electron chi connectivity index (χ2n) is 7.92. The second kappa shape index (κ2) is 12.8. The molecule has 2 rings (SSSR count). The molecular formula is C23H27Cl3FN3O4S. The SMILES string of the molecule is CCCCNC(=O)[C@H](C)N(Cc1ccccc1F)C(=O)CN(c1cc(Cl)c(Cl)cc1Cl)S(C)(=O)=O. The largest absolute Gasteiger partial charge is 0.354 e. The Labute approximate surface area is 220 Å². The summed E-state index contributed by atoms with van der Waals surface area (Å²) in [7, 11) is -4.02. The lowest BCUT2D eigenvalue weighted by Gasteiger charge is -2.31. The van der Waals surface area contributed by atoms with Crippen molar-refractivity contribution in [3.8, 4) is 0 Å². The first-order valence-electron chi connectivity index (χ1n) is 10.8. The molecule has 1 atom stereocenters. The van der Waals surface area contributed by atoms with Crippen LogP contribution in [0, 0.1) is 5.82 Å². The third-order valence-electron chi connectivity index (χ3n) is 5.23. The first-order chi connectivity index (χ1) is 16.4. The zero-order valence-corrected chi connectivity index (χ0v) is 22.6. The predicted molar refractivity (Wildman–Crippen MR) is 138 cm³/mol. The Morgan fingerprint density at radius 3 is 2.31 bits per heavy atom. The summed E-state index contributed by atoms with van der Waals surface area (Å²) in [5, 5.41) is 2.86. The minimum Gasteiger partial charge on any atom is -0.354 e. The Bertz CT molecular complexity index is 1180. The van der Waals surface area contributed by atoms with Gasteiger partial charge in [0.05, 0.1) is 27.0 Å². The molecule has 0 bridgehead atoms. The fraction of sp³-hybridized carbons (Fsp3) is 0.391. The van der Waals surface area contributed by atoms with E-state index in [1.165, 1.54) is 37.3 Å². The lowest BCUT2D eigenvalue weighted by atomic mass is 10.1. The van der Waals surface area contributed by atoms with Crippen molar-refractivity contribution in [3.63, 3.8) is 0 Å². The van der Waals surface area contributed by atoms with Crippen LogP contribution in [-0.4, -0.2) is 50.5 Å². The standard InChI is InChI=1S/C23H27Cl3FN3O4S/c1-4-5-10-28-23(32)15(2)29(13-16-8-6-7-9-20(16)27)22(31)14-30(35(3,33)34)21-12-18(25)17(24)11-19(21)26/h6-9,11-12,15H,4-5,10,13-14H2,1-3H3,(H,28,32)/t15-/m0/s1. The number of unbranched alkanes of at least 4 members (excludes halogenated alkanes) is 1. The van der Waals surface area contributed by atoms with E-state index >= 15 is 0 Å². The van der Waals surface area contributed by atoms with E-state index < -0.39 is 40.2 Å². The van der Waals surface area contributed by atoms with Gasteiger partial charge in [-0.3, -0.25) is 13.9 Å². The molecule has 0 aliphatic heterocycles. The van der Waals surface area contributed by atoms with Crippen LogP contribution >= 0.6 is 34.8 Å². The van der Waals surface area contributed by atoms with Crippen LogP contribution in [-0.2, 0) is 26.2 Å². The monoisotopic (exact) mass is 565 g/mol. The van der Waals surface area contributed by atoms with E-state index in [1.54, 1.807) is 6.07 Å². The maximum absolute atomic E-state index is 14.4. The fourth-order valence-corrected chi connectivity index (χ4v) is 4.77. The number of carbonyl (C=O) groups is 2. The Hall–Kier alpha value is -2.07. The molecule has 0 unspecified atom stereocenters.